The predicted molar refractivity (Wildman–Crippen MR) is 80.9 cm³/mol. The first-order valence-corrected chi connectivity index (χ1v) is 6.47. The molecule has 0 aliphatic carbocycles. The summed E-state index contributed by atoms with van der Waals surface area (Å²) in [6.45, 7) is 1.88. The highest BCUT2D eigenvalue weighted by Gasteiger charge is 2.19. The molecule has 2 aromatic rings. The fraction of sp³-hybridized carbons (Fsp3) is 0.214. The third kappa shape index (κ3) is 3.06. The first-order valence-electron chi connectivity index (χ1n) is 6.06. The van der Waals surface area contributed by atoms with Gasteiger partial charge in [-0.1, -0.05) is 25.2 Å². The molecule has 1 aromatic carbocycles. The molecule has 5 heteroatoms. The Morgan fingerprint density at radius 3 is 2.95 bits per heavy atom. The van der Waals surface area contributed by atoms with Gasteiger partial charge in [-0.15, -0.1) is 0 Å². The van der Waals surface area contributed by atoms with Crippen LogP contribution in [0.4, 0.5) is 5.69 Å². The summed E-state index contributed by atoms with van der Waals surface area (Å²) in [5, 5.41) is 3.81. The van der Waals surface area contributed by atoms with Gasteiger partial charge in [0.1, 0.15) is 0 Å². The number of thiocarbonyl (C=S) groups is 1. The topological polar surface area (TPSA) is 68.0 Å². The zero-order valence-electron chi connectivity index (χ0n) is 10.6. The van der Waals surface area contributed by atoms with Gasteiger partial charge in [0.05, 0.1) is 16.4 Å². The summed E-state index contributed by atoms with van der Waals surface area (Å²) in [7, 11) is 0. The number of carbonyl (C=O) groups is 1. The molecule has 0 saturated carbocycles. The zero-order valence-corrected chi connectivity index (χ0v) is 11.4. The molecular weight excluding hydrogens is 258 g/mol. The van der Waals surface area contributed by atoms with Gasteiger partial charge in [0, 0.05) is 17.3 Å². The third-order valence-electron chi connectivity index (χ3n) is 2.94. The minimum Gasteiger partial charge on any atom is -0.393 e. The monoisotopic (exact) mass is 273 g/mol. The third-order valence-corrected chi connectivity index (χ3v) is 3.22. The normalized spacial score (nSPS) is 12.1. The highest BCUT2D eigenvalue weighted by atomic mass is 32.1. The Bertz CT molecular complexity index is 627. The second-order valence-electron chi connectivity index (χ2n) is 4.26. The Balaban J connectivity index is 2.21. The number of fused-ring (bicyclic) bond motifs is 1. The van der Waals surface area contributed by atoms with Crippen LogP contribution in [0.1, 0.15) is 13.3 Å². The van der Waals surface area contributed by atoms with Crippen LogP contribution in [-0.4, -0.2) is 15.9 Å². The van der Waals surface area contributed by atoms with E-state index in [1.807, 2.05) is 37.3 Å². The Morgan fingerprint density at radius 2 is 2.26 bits per heavy atom. The molecule has 0 bridgehead atoms. The van der Waals surface area contributed by atoms with Gasteiger partial charge in [0.2, 0.25) is 5.91 Å². The summed E-state index contributed by atoms with van der Waals surface area (Å²) in [6, 6.07) is 9.37. The number of carbonyl (C=O) groups excluding carboxylic acids is 1. The van der Waals surface area contributed by atoms with Gasteiger partial charge in [-0.05, 0) is 30.7 Å². The SMILES string of the molecule is CCC(C(=O)Nc1ccc2ncccc2c1)C(N)=S. The van der Waals surface area contributed by atoms with Crippen molar-refractivity contribution < 1.29 is 4.79 Å². The first-order chi connectivity index (χ1) is 9.11. The number of pyridine rings is 1. The summed E-state index contributed by atoms with van der Waals surface area (Å²) in [5.41, 5.74) is 7.17. The molecule has 0 aliphatic heterocycles. The number of nitrogens with two attached hydrogens (primary N) is 1. The van der Waals surface area contributed by atoms with Gasteiger partial charge in [-0.3, -0.25) is 9.78 Å². The van der Waals surface area contributed by atoms with Crippen LogP contribution in [0.5, 0.6) is 0 Å². The van der Waals surface area contributed by atoms with E-state index in [9.17, 15) is 4.79 Å². The number of benzene rings is 1. The summed E-state index contributed by atoms with van der Waals surface area (Å²) < 4.78 is 0. The van der Waals surface area contributed by atoms with Crippen molar-refractivity contribution in [1.82, 2.24) is 4.98 Å². The molecular formula is C14H15N3OS. The smallest absolute Gasteiger partial charge is 0.234 e. The lowest BCUT2D eigenvalue weighted by Gasteiger charge is -2.13. The summed E-state index contributed by atoms with van der Waals surface area (Å²) in [6.07, 6.45) is 2.33. The fourth-order valence-electron chi connectivity index (χ4n) is 1.90. The summed E-state index contributed by atoms with van der Waals surface area (Å²) in [4.78, 5) is 16.5. The van der Waals surface area contributed by atoms with Crippen molar-refractivity contribution in [2.45, 2.75) is 13.3 Å². The van der Waals surface area contributed by atoms with Crippen LogP contribution in [0, 0.1) is 5.92 Å². The van der Waals surface area contributed by atoms with E-state index in [1.54, 1.807) is 6.20 Å². The van der Waals surface area contributed by atoms with E-state index in [0.29, 0.717) is 6.42 Å². The van der Waals surface area contributed by atoms with E-state index in [4.69, 9.17) is 18.0 Å². The molecule has 4 nitrogen and oxygen atoms in total. The van der Waals surface area contributed by atoms with E-state index in [0.717, 1.165) is 16.6 Å². The van der Waals surface area contributed by atoms with Gasteiger partial charge < -0.3 is 11.1 Å². The molecule has 98 valence electrons. The average molecular weight is 273 g/mol. The minimum atomic E-state index is -0.431. The standard InChI is InChI=1S/C14H15N3OS/c1-2-11(13(15)19)14(18)17-10-5-6-12-9(8-10)4-3-7-16-12/h3-8,11H,2H2,1H3,(H2,15,19)(H,17,18). The van der Waals surface area contributed by atoms with Crippen LogP contribution in [0.2, 0.25) is 0 Å². The van der Waals surface area contributed by atoms with Crippen molar-refractivity contribution in [3.05, 3.63) is 36.5 Å². The Hall–Kier alpha value is -2.01. The van der Waals surface area contributed by atoms with Crippen molar-refractivity contribution in [3.8, 4) is 0 Å². The van der Waals surface area contributed by atoms with Crippen LogP contribution in [0.15, 0.2) is 36.5 Å². The lowest BCUT2D eigenvalue weighted by molar-refractivity contribution is -0.118. The lowest BCUT2D eigenvalue weighted by Crippen LogP contribution is -2.32. The largest absolute Gasteiger partial charge is 0.393 e. The highest BCUT2D eigenvalue weighted by molar-refractivity contribution is 7.80. The molecule has 1 atom stereocenters. The quantitative estimate of drug-likeness (QED) is 0.840. The number of rotatable bonds is 4. The van der Waals surface area contributed by atoms with Crippen LogP contribution < -0.4 is 11.1 Å². The molecule has 0 spiro atoms. The number of hydrogen-bond donors (Lipinski definition) is 2. The number of nitrogens with zero attached hydrogens (tertiary/aromatic N) is 1. The molecule has 1 heterocycles. The van der Waals surface area contributed by atoms with Gasteiger partial charge in [-0.2, -0.15) is 0 Å². The maximum Gasteiger partial charge on any atom is 0.234 e. The van der Waals surface area contributed by atoms with Crippen LogP contribution in [0.3, 0.4) is 0 Å². The van der Waals surface area contributed by atoms with Crippen molar-refractivity contribution in [1.29, 1.82) is 0 Å². The van der Waals surface area contributed by atoms with Gasteiger partial charge in [0.15, 0.2) is 0 Å². The maximum atomic E-state index is 12.0. The van der Waals surface area contributed by atoms with E-state index >= 15 is 0 Å². The first kappa shape index (κ1) is 13.4. The van der Waals surface area contributed by atoms with Gasteiger partial charge in [0.25, 0.3) is 0 Å². The second kappa shape index (κ2) is 5.75. The van der Waals surface area contributed by atoms with E-state index in [-0.39, 0.29) is 10.9 Å². The fourth-order valence-corrected chi connectivity index (χ4v) is 2.17. The molecule has 0 saturated heterocycles. The Labute approximate surface area is 117 Å². The van der Waals surface area contributed by atoms with Crippen molar-refractivity contribution >= 4 is 39.7 Å². The van der Waals surface area contributed by atoms with Gasteiger partial charge >= 0.3 is 0 Å². The van der Waals surface area contributed by atoms with E-state index in [2.05, 4.69) is 10.3 Å². The number of anilines is 1. The lowest BCUT2D eigenvalue weighted by atomic mass is 10.1. The number of hydrogen-bond acceptors (Lipinski definition) is 3. The van der Waals surface area contributed by atoms with Crippen molar-refractivity contribution in [3.63, 3.8) is 0 Å². The van der Waals surface area contributed by atoms with Crippen LogP contribution in [0.25, 0.3) is 10.9 Å². The van der Waals surface area contributed by atoms with Gasteiger partial charge in [-0.25, -0.2) is 0 Å². The highest BCUT2D eigenvalue weighted by Crippen LogP contribution is 2.18. The van der Waals surface area contributed by atoms with Crippen molar-refractivity contribution in [2.75, 3.05) is 5.32 Å². The van der Waals surface area contributed by atoms with Crippen LogP contribution >= 0.6 is 12.2 Å². The number of nitrogens with one attached hydrogen (secondary N) is 1. The predicted octanol–water partition coefficient (Wildman–Crippen LogP) is 2.49. The Morgan fingerprint density at radius 1 is 1.47 bits per heavy atom. The maximum absolute atomic E-state index is 12.0. The molecule has 0 aliphatic rings. The summed E-state index contributed by atoms with van der Waals surface area (Å²) in [5.74, 6) is -0.599. The van der Waals surface area contributed by atoms with Crippen LogP contribution in [-0.2, 0) is 4.79 Å². The molecule has 1 unspecified atom stereocenters. The molecule has 1 amide bonds. The van der Waals surface area contributed by atoms with E-state index < -0.39 is 5.92 Å². The second-order valence-corrected chi connectivity index (χ2v) is 4.73. The Kier molecular flexibility index (Phi) is 4.06. The molecule has 0 fully saturated rings. The van der Waals surface area contributed by atoms with E-state index in [1.165, 1.54) is 0 Å². The molecule has 0 radical (unpaired) electrons. The molecule has 2 rings (SSSR count). The zero-order chi connectivity index (χ0) is 13.8. The molecule has 3 N–H and O–H groups in total. The average Bonchev–Trinajstić information content (AvgIpc) is 2.39. The number of aromatic nitrogens is 1. The number of amides is 1. The minimum absolute atomic E-state index is 0.168. The molecule has 1 aromatic heterocycles. The summed E-state index contributed by atoms with van der Waals surface area (Å²) >= 11 is 4.89. The molecule has 19 heavy (non-hydrogen) atoms. The van der Waals surface area contributed by atoms with Crippen molar-refractivity contribution in [2.24, 2.45) is 11.7 Å².